The normalized spacial score (nSPS) is 11.1. The van der Waals surface area contributed by atoms with E-state index in [4.69, 9.17) is 27.9 Å². The van der Waals surface area contributed by atoms with E-state index in [1.54, 1.807) is 54.6 Å². The van der Waals surface area contributed by atoms with E-state index in [0.717, 1.165) is 15.4 Å². The molecule has 0 radical (unpaired) electrons. The molecule has 0 bridgehead atoms. The highest BCUT2D eigenvalue weighted by Crippen LogP contribution is 2.38. The van der Waals surface area contributed by atoms with Gasteiger partial charge >= 0.3 is 5.97 Å². The molecule has 2 N–H and O–H groups in total. The zero-order chi connectivity index (χ0) is 26.6. The van der Waals surface area contributed by atoms with Gasteiger partial charge in [0.15, 0.2) is 0 Å². The molecule has 1 aromatic heterocycles. The number of amides is 1. The standard InChI is InChI=1S/C29H18BrCl2N3O3/c30-22-9-5-8-21-25(20-7-2-3-10-23(20)32)27(34-26(21)22)28(36)35-33-16-18-6-1-4-11-24(18)38-29(37)17-12-14-19(31)15-13-17/h1-16,34H,(H,35,36). The minimum Gasteiger partial charge on any atom is -0.422 e. The maximum absolute atomic E-state index is 13.3. The molecule has 5 aromatic rings. The van der Waals surface area contributed by atoms with Crippen LogP contribution in [0.1, 0.15) is 26.4 Å². The summed E-state index contributed by atoms with van der Waals surface area (Å²) in [7, 11) is 0. The second-order valence-corrected chi connectivity index (χ2v) is 9.85. The fraction of sp³-hybridized carbons (Fsp3) is 0. The van der Waals surface area contributed by atoms with Gasteiger partial charge in [0.1, 0.15) is 11.4 Å². The van der Waals surface area contributed by atoms with E-state index in [2.05, 4.69) is 31.4 Å². The van der Waals surface area contributed by atoms with Crippen molar-refractivity contribution in [1.29, 1.82) is 0 Å². The molecule has 0 atom stereocenters. The number of esters is 1. The average molecular weight is 607 g/mol. The Morgan fingerprint density at radius 2 is 1.63 bits per heavy atom. The number of ether oxygens (including phenoxy) is 1. The number of para-hydroxylation sites is 2. The summed E-state index contributed by atoms with van der Waals surface area (Å²) in [5.41, 5.74) is 5.86. The summed E-state index contributed by atoms with van der Waals surface area (Å²) in [6.07, 6.45) is 1.41. The van der Waals surface area contributed by atoms with E-state index in [1.165, 1.54) is 6.21 Å². The van der Waals surface area contributed by atoms with Crippen LogP contribution < -0.4 is 10.2 Å². The van der Waals surface area contributed by atoms with Crippen LogP contribution in [0.5, 0.6) is 5.75 Å². The number of aromatic amines is 1. The van der Waals surface area contributed by atoms with Crippen molar-refractivity contribution in [1.82, 2.24) is 10.4 Å². The number of carbonyl (C=O) groups is 2. The first-order chi connectivity index (χ1) is 18.4. The zero-order valence-electron chi connectivity index (χ0n) is 19.5. The predicted octanol–water partition coefficient (Wildman–Crippen LogP) is 7.89. The summed E-state index contributed by atoms with van der Waals surface area (Å²) in [4.78, 5) is 29.0. The van der Waals surface area contributed by atoms with Crippen LogP contribution in [-0.4, -0.2) is 23.1 Å². The molecule has 6 nitrogen and oxygen atoms in total. The number of halogens is 3. The smallest absolute Gasteiger partial charge is 0.343 e. The Hall–Kier alpha value is -3.91. The van der Waals surface area contributed by atoms with Crippen LogP contribution in [0.2, 0.25) is 10.0 Å². The van der Waals surface area contributed by atoms with Crippen molar-refractivity contribution in [2.45, 2.75) is 0 Å². The zero-order valence-corrected chi connectivity index (χ0v) is 22.6. The van der Waals surface area contributed by atoms with Crippen LogP contribution in [0.25, 0.3) is 22.0 Å². The van der Waals surface area contributed by atoms with Gasteiger partial charge in [-0.05, 0) is 64.5 Å². The fourth-order valence-electron chi connectivity index (χ4n) is 3.94. The highest BCUT2D eigenvalue weighted by molar-refractivity contribution is 9.10. The minimum absolute atomic E-state index is 0.289. The summed E-state index contributed by atoms with van der Waals surface area (Å²) < 4.78 is 6.35. The third-order valence-corrected chi connectivity index (χ3v) is 6.97. The number of benzene rings is 4. The monoisotopic (exact) mass is 605 g/mol. The molecule has 0 fully saturated rings. The van der Waals surface area contributed by atoms with Crippen LogP contribution in [0, 0.1) is 0 Å². The van der Waals surface area contributed by atoms with Crippen molar-refractivity contribution in [3.8, 4) is 16.9 Å². The SMILES string of the molecule is O=C(Oc1ccccc1C=NNC(=O)c1[nH]c2c(Br)cccc2c1-c1ccccc1Cl)c1ccc(Cl)cc1. The lowest BCUT2D eigenvalue weighted by Gasteiger charge is -2.08. The first-order valence-corrected chi connectivity index (χ1v) is 12.9. The quantitative estimate of drug-likeness (QED) is 0.0892. The van der Waals surface area contributed by atoms with E-state index in [1.807, 2.05) is 36.4 Å². The molecule has 188 valence electrons. The van der Waals surface area contributed by atoms with Crippen LogP contribution in [0.4, 0.5) is 0 Å². The number of hydrogen-bond acceptors (Lipinski definition) is 4. The number of fused-ring (bicyclic) bond motifs is 1. The van der Waals surface area contributed by atoms with Gasteiger partial charge in [0.25, 0.3) is 5.91 Å². The van der Waals surface area contributed by atoms with Gasteiger partial charge in [-0.1, -0.05) is 65.7 Å². The molecule has 1 heterocycles. The molecule has 1 amide bonds. The third kappa shape index (κ3) is 5.36. The van der Waals surface area contributed by atoms with Crippen molar-refractivity contribution < 1.29 is 14.3 Å². The largest absolute Gasteiger partial charge is 0.422 e. The van der Waals surface area contributed by atoms with Crippen LogP contribution >= 0.6 is 39.1 Å². The molecule has 5 rings (SSSR count). The second kappa shape index (κ2) is 11.2. The highest BCUT2D eigenvalue weighted by atomic mass is 79.9. The summed E-state index contributed by atoms with van der Waals surface area (Å²) in [5, 5.41) is 5.99. The van der Waals surface area contributed by atoms with E-state index in [0.29, 0.717) is 38.0 Å². The molecule has 0 saturated heterocycles. The molecular weight excluding hydrogens is 589 g/mol. The number of carbonyl (C=O) groups excluding carboxylic acids is 2. The second-order valence-electron chi connectivity index (χ2n) is 8.15. The molecule has 0 aliphatic rings. The fourth-order valence-corrected chi connectivity index (χ4v) is 4.76. The Morgan fingerprint density at radius 3 is 2.42 bits per heavy atom. The highest BCUT2D eigenvalue weighted by Gasteiger charge is 2.21. The number of hydrogen-bond donors (Lipinski definition) is 2. The molecular formula is C29H18BrCl2N3O3. The lowest BCUT2D eigenvalue weighted by molar-refractivity contribution is 0.0734. The molecule has 0 unspecified atom stereocenters. The summed E-state index contributed by atoms with van der Waals surface area (Å²) in [6.45, 7) is 0. The summed E-state index contributed by atoms with van der Waals surface area (Å²) >= 11 is 15.9. The third-order valence-electron chi connectivity index (χ3n) is 5.72. The van der Waals surface area contributed by atoms with Crippen molar-refractivity contribution in [2.75, 3.05) is 0 Å². The van der Waals surface area contributed by atoms with Gasteiger partial charge in [0.05, 0.1) is 17.3 Å². The van der Waals surface area contributed by atoms with Crippen LogP contribution in [-0.2, 0) is 0 Å². The van der Waals surface area contributed by atoms with Crippen LogP contribution in [0.3, 0.4) is 0 Å². The minimum atomic E-state index is -0.542. The Labute approximate surface area is 236 Å². The summed E-state index contributed by atoms with van der Waals surface area (Å²) in [5.74, 6) is -0.716. The van der Waals surface area contributed by atoms with Crippen LogP contribution in [0.15, 0.2) is 101 Å². The van der Waals surface area contributed by atoms with Crippen molar-refractivity contribution in [3.63, 3.8) is 0 Å². The van der Waals surface area contributed by atoms with Crippen molar-refractivity contribution in [3.05, 3.63) is 122 Å². The Morgan fingerprint density at radius 1 is 0.895 bits per heavy atom. The van der Waals surface area contributed by atoms with E-state index in [-0.39, 0.29) is 5.75 Å². The Kier molecular flexibility index (Phi) is 7.60. The van der Waals surface area contributed by atoms with Gasteiger partial charge in [-0.2, -0.15) is 5.10 Å². The number of H-pyrrole nitrogens is 1. The first-order valence-electron chi connectivity index (χ1n) is 11.4. The Balaban J connectivity index is 1.41. The number of hydrazone groups is 1. The molecule has 4 aromatic carbocycles. The molecule has 0 spiro atoms. The van der Waals surface area contributed by atoms with E-state index in [9.17, 15) is 9.59 Å². The first kappa shape index (κ1) is 25.7. The molecule has 0 aliphatic heterocycles. The summed E-state index contributed by atoms with van der Waals surface area (Å²) in [6, 6.07) is 26.3. The average Bonchev–Trinajstić information content (AvgIpc) is 3.31. The predicted molar refractivity (Wildman–Crippen MR) is 154 cm³/mol. The maximum atomic E-state index is 13.3. The number of nitrogens with zero attached hydrogens (tertiary/aromatic N) is 1. The molecule has 38 heavy (non-hydrogen) atoms. The van der Waals surface area contributed by atoms with Gasteiger partial charge in [-0.25, -0.2) is 10.2 Å². The molecule has 0 saturated carbocycles. The van der Waals surface area contributed by atoms with Gasteiger partial charge in [-0.15, -0.1) is 0 Å². The Bertz CT molecular complexity index is 1700. The lowest BCUT2D eigenvalue weighted by atomic mass is 10.0. The van der Waals surface area contributed by atoms with Gasteiger partial charge in [0.2, 0.25) is 0 Å². The lowest BCUT2D eigenvalue weighted by Crippen LogP contribution is -2.19. The van der Waals surface area contributed by atoms with Gasteiger partial charge in [-0.3, -0.25) is 4.79 Å². The number of aromatic nitrogens is 1. The van der Waals surface area contributed by atoms with Gasteiger partial charge in [0, 0.05) is 36.6 Å². The number of nitrogens with one attached hydrogen (secondary N) is 2. The van der Waals surface area contributed by atoms with E-state index < -0.39 is 11.9 Å². The molecule has 0 aliphatic carbocycles. The maximum Gasteiger partial charge on any atom is 0.343 e. The topological polar surface area (TPSA) is 83.5 Å². The van der Waals surface area contributed by atoms with Crippen molar-refractivity contribution in [2.24, 2.45) is 5.10 Å². The van der Waals surface area contributed by atoms with Gasteiger partial charge < -0.3 is 9.72 Å². The van der Waals surface area contributed by atoms with Crippen molar-refractivity contribution >= 4 is 68.1 Å². The number of rotatable bonds is 6. The molecule has 9 heteroatoms. The van der Waals surface area contributed by atoms with E-state index >= 15 is 0 Å².